The summed E-state index contributed by atoms with van der Waals surface area (Å²) in [6, 6.07) is 6.40. The monoisotopic (exact) mass is 412 g/mol. The maximum absolute atomic E-state index is 13.3. The van der Waals surface area contributed by atoms with Crippen LogP contribution in [-0.2, 0) is 9.47 Å². The summed E-state index contributed by atoms with van der Waals surface area (Å²) >= 11 is 0. The van der Waals surface area contributed by atoms with Gasteiger partial charge in [-0.1, -0.05) is 0 Å². The molecular weight excluding hydrogens is 388 g/mol. The van der Waals surface area contributed by atoms with Gasteiger partial charge in [-0.05, 0) is 12.1 Å². The van der Waals surface area contributed by atoms with Crippen LogP contribution in [0, 0.1) is 0 Å². The molecule has 3 aliphatic heterocycles. The molecule has 0 aliphatic carbocycles. The Morgan fingerprint density at radius 3 is 2.13 bits per heavy atom. The third-order valence-electron chi connectivity index (χ3n) is 5.74. The minimum absolute atomic E-state index is 0.116. The van der Waals surface area contributed by atoms with Gasteiger partial charge in [-0.2, -0.15) is 0 Å². The fraction of sp³-hybridized carbons (Fsp3) is 0.455. The maximum atomic E-state index is 13.3. The first-order valence-corrected chi connectivity index (χ1v) is 10.3. The average Bonchev–Trinajstić information content (AvgIpc) is 3.08. The Bertz CT molecular complexity index is 1030. The van der Waals surface area contributed by atoms with E-state index in [0.29, 0.717) is 67.6 Å². The summed E-state index contributed by atoms with van der Waals surface area (Å²) in [5, 5.41) is 0.703. The molecule has 0 N–H and O–H groups in total. The standard InChI is InChI=1S/C22H24N2O6/c25-20-2-1-15-11-17-19(12-18(15)29-20)30-22(21(17)26)16(13-23-3-7-27-8-4-23)14-24-5-9-28-10-6-24/h1-2,11-12H,3-10,13-14H2. The number of hydrogen-bond donors (Lipinski definition) is 0. The first kappa shape index (κ1) is 19.4. The average molecular weight is 412 g/mol. The van der Waals surface area contributed by atoms with Crippen LogP contribution in [0.5, 0.6) is 5.75 Å². The van der Waals surface area contributed by atoms with Gasteiger partial charge in [0.2, 0.25) is 5.78 Å². The molecule has 0 spiro atoms. The van der Waals surface area contributed by atoms with E-state index in [0.717, 1.165) is 31.8 Å². The molecule has 1 aromatic carbocycles. The van der Waals surface area contributed by atoms with Crippen LogP contribution < -0.4 is 10.4 Å². The number of hydrogen-bond acceptors (Lipinski definition) is 8. The number of fused-ring (bicyclic) bond motifs is 2. The summed E-state index contributed by atoms with van der Waals surface area (Å²) in [6.45, 7) is 7.41. The van der Waals surface area contributed by atoms with Crippen molar-refractivity contribution in [3.8, 4) is 5.75 Å². The Morgan fingerprint density at radius 2 is 1.50 bits per heavy atom. The van der Waals surface area contributed by atoms with Crippen LogP contribution in [0.15, 0.2) is 44.8 Å². The third-order valence-corrected chi connectivity index (χ3v) is 5.74. The second kappa shape index (κ2) is 8.31. The molecule has 1 aromatic heterocycles. The summed E-state index contributed by atoms with van der Waals surface area (Å²) in [7, 11) is 0. The van der Waals surface area contributed by atoms with E-state index < -0.39 is 5.63 Å². The van der Waals surface area contributed by atoms with Gasteiger partial charge in [0.15, 0.2) is 5.76 Å². The Morgan fingerprint density at radius 1 is 0.867 bits per heavy atom. The molecule has 2 saturated heterocycles. The quantitative estimate of drug-likeness (QED) is 0.549. The van der Waals surface area contributed by atoms with Crippen LogP contribution in [0.3, 0.4) is 0 Å². The lowest BCUT2D eigenvalue weighted by molar-refractivity contribution is 0.0332. The van der Waals surface area contributed by atoms with Crippen molar-refractivity contribution >= 4 is 16.8 Å². The van der Waals surface area contributed by atoms with Crippen molar-refractivity contribution in [2.75, 3.05) is 65.7 Å². The van der Waals surface area contributed by atoms with Gasteiger partial charge in [0.25, 0.3) is 0 Å². The molecule has 2 aromatic rings. The number of allylic oxidation sites excluding steroid dienone is 1. The molecule has 2 fully saturated rings. The molecule has 0 atom stereocenters. The summed E-state index contributed by atoms with van der Waals surface area (Å²) < 4.78 is 22.2. The maximum Gasteiger partial charge on any atom is 0.336 e. The van der Waals surface area contributed by atoms with E-state index in [1.165, 1.54) is 6.07 Å². The van der Waals surface area contributed by atoms with Gasteiger partial charge in [-0.3, -0.25) is 14.6 Å². The topological polar surface area (TPSA) is 81.5 Å². The number of Topliss-reactive ketones (excluding diaryl/α,β-unsaturated/α-hetero) is 1. The number of ketones is 1. The number of rotatable bonds is 4. The lowest BCUT2D eigenvalue weighted by Gasteiger charge is -2.31. The zero-order valence-electron chi connectivity index (χ0n) is 16.7. The van der Waals surface area contributed by atoms with Crippen LogP contribution in [0.1, 0.15) is 10.4 Å². The molecular formula is C22H24N2O6. The van der Waals surface area contributed by atoms with Gasteiger partial charge in [0.1, 0.15) is 11.3 Å². The summed E-state index contributed by atoms with van der Waals surface area (Å²) in [5.74, 6) is 0.716. The third kappa shape index (κ3) is 3.91. The highest BCUT2D eigenvalue weighted by Gasteiger charge is 2.32. The molecule has 0 amide bonds. The fourth-order valence-corrected chi connectivity index (χ4v) is 4.12. The molecule has 0 saturated carbocycles. The van der Waals surface area contributed by atoms with Gasteiger partial charge in [-0.15, -0.1) is 0 Å². The molecule has 4 heterocycles. The number of nitrogens with zero attached hydrogens (tertiary/aromatic N) is 2. The SMILES string of the molecule is O=C1C(=C(CN2CCOCC2)CN2CCOCC2)Oc2cc3oc(=O)ccc3cc21. The van der Waals surface area contributed by atoms with E-state index >= 15 is 0 Å². The van der Waals surface area contributed by atoms with Gasteiger partial charge in [0.05, 0.1) is 32.0 Å². The van der Waals surface area contributed by atoms with Gasteiger partial charge in [0, 0.05) is 62.4 Å². The van der Waals surface area contributed by atoms with Gasteiger partial charge in [-0.25, -0.2) is 4.79 Å². The predicted octanol–water partition coefficient (Wildman–Crippen LogP) is 1.29. The Balaban J connectivity index is 1.49. The molecule has 8 nitrogen and oxygen atoms in total. The number of carbonyl (C=O) groups is 1. The molecule has 8 heteroatoms. The van der Waals surface area contributed by atoms with Crippen LogP contribution in [0.25, 0.3) is 11.0 Å². The Kier molecular flexibility index (Phi) is 5.39. The van der Waals surface area contributed by atoms with Crippen LogP contribution >= 0.6 is 0 Å². The smallest absolute Gasteiger partial charge is 0.336 e. The molecule has 0 unspecified atom stereocenters. The highest BCUT2D eigenvalue weighted by molar-refractivity contribution is 6.14. The molecule has 0 bridgehead atoms. The fourth-order valence-electron chi connectivity index (χ4n) is 4.12. The van der Waals surface area contributed by atoms with Crippen molar-refractivity contribution in [1.82, 2.24) is 9.80 Å². The second-order valence-electron chi connectivity index (χ2n) is 7.78. The van der Waals surface area contributed by atoms with Crippen molar-refractivity contribution in [3.63, 3.8) is 0 Å². The first-order valence-electron chi connectivity index (χ1n) is 10.3. The van der Waals surface area contributed by atoms with E-state index in [-0.39, 0.29) is 5.78 Å². The zero-order chi connectivity index (χ0) is 20.5. The normalized spacial score (nSPS) is 20.4. The van der Waals surface area contributed by atoms with E-state index in [9.17, 15) is 9.59 Å². The summed E-state index contributed by atoms with van der Waals surface area (Å²) in [6.07, 6.45) is 0. The molecule has 30 heavy (non-hydrogen) atoms. The van der Waals surface area contributed by atoms with Crippen molar-refractivity contribution in [1.29, 1.82) is 0 Å². The zero-order valence-corrected chi connectivity index (χ0v) is 16.7. The van der Waals surface area contributed by atoms with Crippen LogP contribution in [-0.4, -0.2) is 81.3 Å². The highest BCUT2D eigenvalue weighted by Crippen LogP contribution is 2.36. The van der Waals surface area contributed by atoms with Crippen LogP contribution in [0.2, 0.25) is 0 Å². The Hall–Kier alpha value is -2.52. The number of benzene rings is 1. The van der Waals surface area contributed by atoms with E-state index in [1.54, 1.807) is 18.2 Å². The largest absolute Gasteiger partial charge is 0.452 e. The molecule has 158 valence electrons. The number of carbonyl (C=O) groups excluding carboxylic acids is 1. The lowest BCUT2D eigenvalue weighted by atomic mass is 10.0. The predicted molar refractivity (Wildman–Crippen MR) is 109 cm³/mol. The first-order chi connectivity index (χ1) is 14.7. The molecule has 0 radical (unpaired) electrons. The lowest BCUT2D eigenvalue weighted by Crippen LogP contribution is -2.42. The second-order valence-corrected chi connectivity index (χ2v) is 7.78. The highest BCUT2D eigenvalue weighted by atomic mass is 16.5. The van der Waals surface area contributed by atoms with Crippen molar-refractivity contribution in [2.24, 2.45) is 0 Å². The minimum Gasteiger partial charge on any atom is -0.452 e. The van der Waals surface area contributed by atoms with Gasteiger partial charge >= 0.3 is 5.63 Å². The molecule has 5 rings (SSSR count). The Labute approximate surface area is 173 Å². The van der Waals surface area contributed by atoms with Crippen molar-refractivity contribution in [2.45, 2.75) is 0 Å². The number of morpholine rings is 2. The van der Waals surface area contributed by atoms with E-state index in [1.807, 2.05) is 0 Å². The van der Waals surface area contributed by atoms with Gasteiger partial charge < -0.3 is 18.6 Å². The van der Waals surface area contributed by atoms with E-state index in [2.05, 4.69) is 9.80 Å². The molecule has 3 aliphatic rings. The number of ether oxygens (including phenoxy) is 3. The van der Waals surface area contributed by atoms with Crippen LogP contribution in [0.4, 0.5) is 0 Å². The van der Waals surface area contributed by atoms with Crippen molar-refractivity contribution < 1.29 is 23.4 Å². The summed E-state index contributed by atoms with van der Waals surface area (Å²) in [4.78, 5) is 29.4. The van der Waals surface area contributed by atoms with E-state index in [4.69, 9.17) is 18.6 Å². The minimum atomic E-state index is -0.428. The summed E-state index contributed by atoms with van der Waals surface area (Å²) in [5.41, 5.74) is 1.46. The van der Waals surface area contributed by atoms with Crippen molar-refractivity contribution in [3.05, 3.63) is 51.6 Å².